The van der Waals surface area contributed by atoms with E-state index in [1.165, 1.54) is 83.5 Å². The van der Waals surface area contributed by atoms with Gasteiger partial charge in [-0.05, 0) is 48.3 Å². The highest BCUT2D eigenvalue weighted by Gasteiger charge is 2.21. The first kappa shape index (κ1) is 20.7. The monoisotopic (exact) mass is 380 g/mol. The minimum atomic E-state index is -1.36. The van der Waals surface area contributed by atoms with Crippen molar-refractivity contribution in [3.05, 3.63) is 35.1 Å². The normalized spacial score (nSPS) is 23.8. The van der Waals surface area contributed by atoms with Crippen LogP contribution in [-0.4, -0.2) is 0 Å². The maximum atomic E-state index is 13.3. The van der Waals surface area contributed by atoms with E-state index in [2.05, 4.69) is 0 Å². The van der Waals surface area contributed by atoms with E-state index in [9.17, 15) is 13.2 Å². The van der Waals surface area contributed by atoms with E-state index in [1.54, 1.807) is 0 Å². The van der Waals surface area contributed by atoms with E-state index in [0.29, 0.717) is 17.9 Å². The zero-order chi connectivity index (χ0) is 19.1. The summed E-state index contributed by atoms with van der Waals surface area (Å²) in [7, 11) is 0. The molecule has 0 radical (unpaired) electrons. The molecule has 2 aliphatic rings. The number of hydrogen-bond donors (Lipinski definition) is 0. The molecule has 1 aromatic carbocycles. The molecule has 0 heterocycles. The molecular weight excluding hydrogens is 345 g/mol. The van der Waals surface area contributed by atoms with Gasteiger partial charge in [-0.3, -0.25) is 0 Å². The highest BCUT2D eigenvalue weighted by atomic mass is 19.2. The summed E-state index contributed by atoms with van der Waals surface area (Å²) in [5, 5.41) is 0. The summed E-state index contributed by atoms with van der Waals surface area (Å²) < 4.78 is 39.6. The lowest BCUT2D eigenvalue weighted by Crippen LogP contribution is -2.15. The Morgan fingerprint density at radius 3 is 1.67 bits per heavy atom. The molecule has 2 fully saturated rings. The van der Waals surface area contributed by atoms with Crippen LogP contribution >= 0.6 is 0 Å². The Morgan fingerprint density at radius 1 is 0.630 bits per heavy atom. The van der Waals surface area contributed by atoms with Crippen LogP contribution in [0.3, 0.4) is 0 Å². The Hall–Kier alpha value is -0.990. The number of halogens is 3. The predicted molar refractivity (Wildman–Crippen MR) is 105 cm³/mol. The van der Waals surface area contributed by atoms with Gasteiger partial charge in [-0.15, -0.1) is 0 Å². The summed E-state index contributed by atoms with van der Waals surface area (Å²) in [6.45, 7) is 0. The van der Waals surface area contributed by atoms with Gasteiger partial charge in [-0.1, -0.05) is 83.5 Å². The third-order valence-electron chi connectivity index (χ3n) is 7.05. The van der Waals surface area contributed by atoms with Crippen molar-refractivity contribution in [3.8, 4) is 0 Å². The number of hydrogen-bond acceptors (Lipinski definition) is 0. The van der Waals surface area contributed by atoms with Crippen molar-refractivity contribution >= 4 is 0 Å². The minimum absolute atomic E-state index is 0.579. The number of benzene rings is 1. The van der Waals surface area contributed by atoms with E-state index < -0.39 is 17.5 Å². The van der Waals surface area contributed by atoms with E-state index in [4.69, 9.17) is 0 Å². The van der Waals surface area contributed by atoms with E-state index in [-0.39, 0.29) is 0 Å². The summed E-state index contributed by atoms with van der Waals surface area (Å²) >= 11 is 0. The lowest BCUT2D eigenvalue weighted by Gasteiger charge is -2.28. The quantitative estimate of drug-likeness (QED) is 0.301. The summed E-state index contributed by atoms with van der Waals surface area (Å²) in [6.07, 6.45) is 19.6. The molecule has 0 bridgehead atoms. The Kier molecular flexibility index (Phi) is 8.08. The third kappa shape index (κ3) is 6.54. The second kappa shape index (κ2) is 10.5. The van der Waals surface area contributed by atoms with Gasteiger partial charge >= 0.3 is 0 Å². The molecule has 2 aliphatic carbocycles. The Balaban J connectivity index is 1.26. The summed E-state index contributed by atoms with van der Waals surface area (Å²) in [6, 6.07) is 2.30. The van der Waals surface area contributed by atoms with Crippen molar-refractivity contribution in [1.29, 1.82) is 0 Å². The first-order chi connectivity index (χ1) is 13.1. The average Bonchev–Trinajstić information content (AvgIpc) is 3.18. The molecule has 0 aromatic heterocycles. The first-order valence-electron chi connectivity index (χ1n) is 11.2. The van der Waals surface area contributed by atoms with Gasteiger partial charge in [-0.2, -0.15) is 0 Å². The summed E-state index contributed by atoms with van der Waals surface area (Å²) in [4.78, 5) is 0. The van der Waals surface area contributed by atoms with E-state index in [0.717, 1.165) is 30.4 Å². The molecule has 0 spiro atoms. The van der Waals surface area contributed by atoms with Gasteiger partial charge in [0.1, 0.15) is 0 Å². The molecule has 0 nitrogen and oxygen atoms in total. The fourth-order valence-corrected chi connectivity index (χ4v) is 5.27. The Bertz CT molecular complexity index is 546. The lowest BCUT2D eigenvalue weighted by atomic mass is 9.77. The first-order valence-corrected chi connectivity index (χ1v) is 11.2. The van der Waals surface area contributed by atoms with E-state index >= 15 is 0 Å². The zero-order valence-corrected chi connectivity index (χ0v) is 16.6. The van der Waals surface area contributed by atoms with Gasteiger partial charge in [0.2, 0.25) is 0 Å². The molecule has 3 rings (SSSR count). The van der Waals surface area contributed by atoms with Crippen molar-refractivity contribution in [2.24, 2.45) is 17.8 Å². The van der Waals surface area contributed by atoms with Crippen LogP contribution in [0.2, 0.25) is 0 Å². The van der Waals surface area contributed by atoms with Crippen LogP contribution in [0.4, 0.5) is 13.2 Å². The van der Waals surface area contributed by atoms with Crippen LogP contribution in [0.25, 0.3) is 0 Å². The average molecular weight is 381 g/mol. The fraction of sp³-hybridized carbons (Fsp3) is 0.750. The molecule has 0 saturated heterocycles. The summed E-state index contributed by atoms with van der Waals surface area (Å²) in [5.41, 5.74) is 0.579. The second-order valence-corrected chi connectivity index (χ2v) is 9.09. The van der Waals surface area contributed by atoms with Crippen LogP contribution in [0, 0.1) is 35.2 Å². The van der Waals surface area contributed by atoms with Gasteiger partial charge in [0.15, 0.2) is 17.5 Å². The maximum Gasteiger partial charge on any atom is 0.194 e. The van der Waals surface area contributed by atoms with Crippen molar-refractivity contribution in [1.82, 2.24) is 0 Å². The van der Waals surface area contributed by atoms with Crippen LogP contribution < -0.4 is 0 Å². The maximum absolute atomic E-state index is 13.3. The Morgan fingerprint density at radius 2 is 1.11 bits per heavy atom. The molecule has 27 heavy (non-hydrogen) atoms. The van der Waals surface area contributed by atoms with Gasteiger partial charge in [-0.25, -0.2) is 13.2 Å². The smallest absolute Gasteiger partial charge is 0.194 e. The van der Waals surface area contributed by atoms with Crippen molar-refractivity contribution in [3.63, 3.8) is 0 Å². The van der Waals surface area contributed by atoms with Gasteiger partial charge in [0.25, 0.3) is 0 Å². The summed E-state index contributed by atoms with van der Waals surface area (Å²) in [5.74, 6) is -0.928. The molecule has 0 unspecified atom stereocenters. The van der Waals surface area contributed by atoms with Gasteiger partial charge in [0.05, 0.1) is 0 Å². The largest absolute Gasteiger partial charge is 0.204 e. The second-order valence-electron chi connectivity index (χ2n) is 9.09. The molecule has 0 amide bonds. The molecule has 0 N–H and O–H groups in total. The molecule has 3 heteroatoms. The Labute approximate surface area is 162 Å². The minimum Gasteiger partial charge on any atom is -0.204 e. The van der Waals surface area contributed by atoms with Gasteiger partial charge < -0.3 is 0 Å². The van der Waals surface area contributed by atoms with Crippen molar-refractivity contribution in [2.75, 3.05) is 0 Å². The zero-order valence-electron chi connectivity index (χ0n) is 16.6. The number of rotatable bonds is 9. The lowest BCUT2D eigenvalue weighted by molar-refractivity contribution is 0.248. The molecule has 0 aliphatic heterocycles. The van der Waals surface area contributed by atoms with Crippen LogP contribution in [-0.2, 0) is 6.42 Å². The third-order valence-corrected chi connectivity index (χ3v) is 7.05. The number of aryl methyl sites for hydroxylation is 1. The van der Waals surface area contributed by atoms with Gasteiger partial charge in [0, 0.05) is 0 Å². The van der Waals surface area contributed by atoms with Crippen LogP contribution in [0.15, 0.2) is 12.1 Å². The molecule has 0 atom stereocenters. The van der Waals surface area contributed by atoms with Crippen molar-refractivity contribution in [2.45, 2.75) is 96.3 Å². The SMILES string of the molecule is Fc1cc(CC[C@H]2CC[C@H](CCCCCC3CCCC3)CC2)cc(F)c1F. The number of unbranched alkanes of at least 4 members (excludes halogenated alkanes) is 2. The molecule has 152 valence electrons. The standard InChI is InChI=1S/C24H35F3/c25-22-16-21(17-23(26)24(22)27)15-14-20-12-10-19(11-13-20)7-3-1-2-6-18-8-4-5-9-18/h16-20H,1-15H2/t19-,20-. The highest BCUT2D eigenvalue weighted by Crippen LogP contribution is 2.35. The topological polar surface area (TPSA) is 0 Å². The predicted octanol–water partition coefficient (Wildman–Crippen LogP) is 7.98. The van der Waals surface area contributed by atoms with Crippen molar-refractivity contribution < 1.29 is 13.2 Å². The molecule has 2 saturated carbocycles. The highest BCUT2D eigenvalue weighted by molar-refractivity contribution is 5.19. The van der Waals surface area contributed by atoms with E-state index in [1.807, 2.05) is 0 Å². The van der Waals surface area contributed by atoms with Crippen LogP contribution in [0.5, 0.6) is 0 Å². The van der Waals surface area contributed by atoms with Crippen LogP contribution in [0.1, 0.15) is 95.5 Å². The molecular formula is C24H35F3. The molecule has 1 aromatic rings. The fourth-order valence-electron chi connectivity index (χ4n) is 5.27.